The number of aryl methyl sites for hydroxylation is 1. The summed E-state index contributed by atoms with van der Waals surface area (Å²) in [4.78, 5) is 45.1. The lowest BCUT2D eigenvalue weighted by atomic mass is 10.1. The number of fused-ring (bicyclic) bond motifs is 1. The van der Waals surface area contributed by atoms with Crippen LogP contribution in [0.25, 0.3) is 11.2 Å². The first-order valence-electron chi connectivity index (χ1n) is 12.1. The Kier molecular flexibility index (Phi) is 7.40. The average Bonchev–Trinajstić information content (AvgIpc) is 3.38. The lowest BCUT2D eigenvalue weighted by molar-refractivity contribution is 0.0968. The fourth-order valence-corrected chi connectivity index (χ4v) is 4.66. The Morgan fingerprint density at radius 3 is 2.44 bits per heavy atom. The molecule has 9 nitrogen and oxygen atoms in total. The number of hydrogen-bond donors (Lipinski definition) is 0. The lowest BCUT2D eigenvalue weighted by Gasteiger charge is -2.13. The van der Waals surface area contributed by atoms with Crippen molar-refractivity contribution in [2.24, 2.45) is 5.92 Å². The molecule has 190 valence electrons. The number of carbonyl (C=O) groups excluding carboxylic acids is 1. The molecule has 0 saturated heterocycles. The molecule has 0 atom stereocenters. The normalized spacial score (nSPS) is 11.6. The summed E-state index contributed by atoms with van der Waals surface area (Å²) >= 11 is 0. The molecule has 36 heavy (non-hydrogen) atoms. The van der Waals surface area contributed by atoms with Gasteiger partial charge in [-0.25, -0.2) is 9.78 Å². The van der Waals surface area contributed by atoms with Gasteiger partial charge in [0.05, 0.1) is 26.0 Å². The molecule has 0 amide bonds. The number of aromatic nitrogens is 5. The highest BCUT2D eigenvalue weighted by atomic mass is 16.5. The zero-order valence-corrected chi connectivity index (χ0v) is 21.5. The highest BCUT2D eigenvalue weighted by Crippen LogP contribution is 2.17. The first-order valence-corrected chi connectivity index (χ1v) is 12.1. The lowest BCUT2D eigenvalue weighted by Crippen LogP contribution is -2.42. The number of imidazole rings is 1. The number of nitrogens with zero attached hydrogens (tertiary/aromatic N) is 5. The van der Waals surface area contributed by atoms with Crippen molar-refractivity contribution in [2.75, 3.05) is 13.7 Å². The van der Waals surface area contributed by atoms with Crippen molar-refractivity contribution in [3.63, 3.8) is 0 Å². The molecule has 0 bridgehead atoms. The fraction of sp³-hybridized carbons (Fsp3) is 0.407. The summed E-state index contributed by atoms with van der Waals surface area (Å²) in [6.07, 6.45) is 1.60. The molecule has 0 aliphatic carbocycles. The maximum Gasteiger partial charge on any atom is 0.333 e. The summed E-state index contributed by atoms with van der Waals surface area (Å²) in [5, 5.41) is 0. The fourth-order valence-electron chi connectivity index (χ4n) is 4.66. The van der Waals surface area contributed by atoms with Crippen LogP contribution in [0, 0.1) is 19.8 Å². The maximum atomic E-state index is 13.6. The second-order valence-electron chi connectivity index (χ2n) is 9.56. The quantitative estimate of drug-likeness (QED) is 0.318. The Balaban J connectivity index is 1.83. The average molecular weight is 492 g/mol. The number of carbonyl (C=O) groups is 1. The third kappa shape index (κ3) is 4.83. The molecule has 3 heterocycles. The molecular weight excluding hydrogens is 458 g/mol. The van der Waals surface area contributed by atoms with Crippen LogP contribution < -0.4 is 11.2 Å². The van der Waals surface area contributed by atoms with Crippen molar-refractivity contribution in [3.05, 3.63) is 86.1 Å². The van der Waals surface area contributed by atoms with Crippen LogP contribution in [-0.4, -0.2) is 42.8 Å². The Hall–Kier alpha value is -3.72. The van der Waals surface area contributed by atoms with Crippen LogP contribution in [0.4, 0.5) is 0 Å². The van der Waals surface area contributed by atoms with Gasteiger partial charge < -0.3 is 13.9 Å². The number of rotatable bonds is 10. The molecule has 0 unspecified atom stereocenters. The van der Waals surface area contributed by atoms with Crippen molar-refractivity contribution in [1.82, 2.24) is 23.3 Å². The van der Waals surface area contributed by atoms with E-state index in [-0.39, 0.29) is 24.8 Å². The van der Waals surface area contributed by atoms with Crippen LogP contribution in [0.1, 0.15) is 41.2 Å². The number of ether oxygens (including phenoxy) is 1. The van der Waals surface area contributed by atoms with Crippen molar-refractivity contribution >= 4 is 16.9 Å². The molecule has 0 radical (unpaired) electrons. The van der Waals surface area contributed by atoms with E-state index in [4.69, 9.17) is 4.74 Å². The summed E-state index contributed by atoms with van der Waals surface area (Å²) in [5.41, 5.74) is 2.73. The number of benzene rings is 1. The van der Waals surface area contributed by atoms with Gasteiger partial charge in [0.1, 0.15) is 0 Å². The highest BCUT2D eigenvalue weighted by molar-refractivity contribution is 5.97. The molecule has 4 aromatic rings. The van der Waals surface area contributed by atoms with Crippen LogP contribution in [0.3, 0.4) is 0 Å². The number of ketones is 1. The van der Waals surface area contributed by atoms with E-state index in [9.17, 15) is 14.4 Å². The standard InChI is InChI=1S/C27H33N5O4/c1-18(2)14-29-17-28-25-24(29)26(34)32(27(35)31(25)15-21-9-7-6-8-10-21)16-23(33)22-13-19(3)30(20(22)4)11-12-36-5/h6-10,13,17-18H,11-12,14-16H2,1-5H3. The smallest absolute Gasteiger partial charge is 0.333 e. The predicted octanol–water partition coefficient (Wildman–Crippen LogP) is 3.01. The van der Waals surface area contributed by atoms with Crippen LogP contribution in [0.2, 0.25) is 0 Å². The second kappa shape index (κ2) is 10.5. The van der Waals surface area contributed by atoms with Gasteiger partial charge >= 0.3 is 5.69 Å². The van der Waals surface area contributed by atoms with E-state index in [1.807, 2.05) is 68.7 Å². The van der Waals surface area contributed by atoms with Crippen molar-refractivity contribution in [3.8, 4) is 0 Å². The Morgan fingerprint density at radius 2 is 1.78 bits per heavy atom. The minimum absolute atomic E-state index is 0.245. The zero-order chi connectivity index (χ0) is 26.0. The summed E-state index contributed by atoms with van der Waals surface area (Å²) in [7, 11) is 1.63. The van der Waals surface area contributed by atoms with Crippen molar-refractivity contribution in [1.29, 1.82) is 0 Å². The van der Waals surface area contributed by atoms with E-state index >= 15 is 0 Å². The minimum Gasteiger partial charge on any atom is -0.383 e. The van der Waals surface area contributed by atoms with Crippen molar-refractivity contribution < 1.29 is 9.53 Å². The Bertz CT molecular complexity index is 1510. The number of Topliss-reactive ketones (excluding diaryl/α,β-unsaturated/α-hetero) is 1. The number of hydrogen-bond acceptors (Lipinski definition) is 5. The molecular formula is C27H33N5O4. The molecule has 0 saturated carbocycles. The van der Waals surface area contributed by atoms with Crippen LogP contribution in [-0.2, 0) is 30.9 Å². The molecule has 0 aliphatic heterocycles. The molecule has 4 rings (SSSR count). The van der Waals surface area contributed by atoms with E-state index < -0.39 is 11.2 Å². The summed E-state index contributed by atoms with van der Waals surface area (Å²) in [6, 6.07) is 11.3. The van der Waals surface area contributed by atoms with E-state index in [0.29, 0.717) is 36.4 Å². The molecule has 0 aliphatic rings. The summed E-state index contributed by atoms with van der Waals surface area (Å²) < 4.78 is 11.5. The molecule has 3 aromatic heterocycles. The largest absolute Gasteiger partial charge is 0.383 e. The SMILES string of the molecule is COCCn1c(C)cc(C(=O)Cn2c(=O)c3c(ncn3CC(C)C)n(Cc3ccccc3)c2=O)c1C. The monoisotopic (exact) mass is 491 g/mol. The van der Waals surface area contributed by atoms with Gasteiger partial charge in [-0.05, 0) is 31.4 Å². The molecule has 9 heteroatoms. The van der Waals surface area contributed by atoms with Gasteiger partial charge in [-0.3, -0.25) is 18.7 Å². The number of methoxy groups -OCH3 is 1. The van der Waals surface area contributed by atoms with Gasteiger partial charge in [-0.2, -0.15) is 0 Å². The van der Waals surface area contributed by atoms with Crippen molar-refractivity contribution in [2.45, 2.75) is 53.9 Å². The van der Waals surface area contributed by atoms with E-state index in [1.54, 1.807) is 18.0 Å². The molecule has 1 aromatic carbocycles. The van der Waals surface area contributed by atoms with Gasteiger partial charge in [0.2, 0.25) is 0 Å². The van der Waals surface area contributed by atoms with Crippen LogP contribution in [0.15, 0.2) is 52.3 Å². The van der Waals surface area contributed by atoms with Gasteiger partial charge in [-0.15, -0.1) is 0 Å². The predicted molar refractivity (Wildman–Crippen MR) is 139 cm³/mol. The third-order valence-electron chi connectivity index (χ3n) is 6.42. The van der Waals surface area contributed by atoms with Gasteiger partial charge in [0.15, 0.2) is 16.9 Å². The highest BCUT2D eigenvalue weighted by Gasteiger charge is 2.22. The second-order valence-corrected chi connectivity index (χ2v) is 9.56. The van der Waals surface area contributed by atoms with Crippen LogP contribution in [0.5, 0.6) is 0 Å². The minimum atomic E-state index is -0.548. The van der Waals surface area contributed by atoms with E-state index in [0.717, 1.165) is 21.5 Å². The maximum absolute atomic E-state index is 13.6. The first kappa shape index (κ1) is 25.4. The first-order chi connectivity index (χ1) is 17.2. The topological polar surface area (TPSA) is 93.1 Å². The Labute approximate surface area is 209 Å². The third-order valence-corrected chi connectivity index (χ3v) is 6.42. The van der Waals surface area contributed by atoms with Gasteiger partial charge in [0.25, 0.3) is 5.56 Å². The molecule has 0 fully saturated rings. The van der Waals surface area contributed by atoms with E-state index in [2.05, 4.69) is 4.98 Å². The van der Waals surface area contributed by atoms with Gasteiger partial charge in [0, 0.05) is 37.2 Å². The summed E-state index contributed by atoms with van der Waals surface area (Å²) in [6.45, 7) is 9.50. The molecule has 0 N–H and O–H groups in total. The Morgan fingerprint density at radius 1 is 1.06 bits per heavy atom. The molecule has 0 spiro atoms. The van der Waals surface area contributed by atoms with E-state index in [1.165, 1.54) is 4.57 Å². The van der Waals surface area contributed by atoms with Crippen LogP contribution >= 0.6 is 0 Å². The zero-order valence-electron chi connectivity index (χ0n) is 21.5. The summed E-state index contributed by atoms with van der Waals surface area (Å²) in [5.74, 6) is -0.0182. The van der Waals surface area contributed by atoms with Gasteiger partial charge in [-0.1, -0.05) is 44.2 Å².